The van der Waals surface area contributed by atoms with Gasteiger partial charge in [-0.25, -0.2) is 13.8 Å². The third-order valence-corrected chi connectivity index (χ3v) is 3.88. The number of aryl methyl sites for hydroxylation is 1. The van der Waals surface area contributed by atoms with Crippen LogP contribution in [0.4, 0.5) is 8.78 Å². The molecule has 0 fully saturated rings. The van der Waals surface area contributed by atoms with Gasteiger partial charge in [-0.3, -0.25) is 0 Å². The second-order valence-electron chi connectivity index (χ2n) is 5.34. The Morgan fingerprint density at radius 1 is 1.18 bits per heavy atom. The third-order valence-electron chi connectivity index (χ3n) is 3.88. The first-order valence-corrected chi connectivity index (χ1v) is 7.15. The smallest absolute Gasteiger partial charge is 0.130 e. The molecule has 0 radical (unpaired) electrons. The van der Waals surface area contributed by atoms with Crippen LogP contribution in [0.1, 0.15) is 24.4 Å². The number of hydrogen-bond donors (Lipinski definition) is 1. The van der Waals surface area contributed by atoms with Gasteiger partial charge >= 0.3 is 0 Å². The topological polar surface area (TPSA) is 29.9 Å². The number of rotatable bonds is 4. The summed E-state index contributed by atoms with van der Waals surface area (Å²) >= 11 is 0. The summed E-state index contributed by atoms with van der Waals surface area (Å²) in [5, 5.41) is 3.23. The Bertz CT molecular complexity index is 811. The third kappa shape index (κ3) is 2.72. The van der Waals surface area contributed by atoms with Gasteiger partial charge < -0.3 is 9.88 Å². The number of hydrogen-bond acceptors (Lipinski definition) is 2. The van der Waals surface area contributed by atoms with Gasteiger partial charge in [0.15, 0.2) is 0 Å². The molecule has 5 heteroatoms. The standard InChI is InChI=1S/C17H17F2N3/c1-11(13-8-7-12(18)9-14(13)19)20-10-17-21-15-5-3-4-6-16(15)22(17)2/h3-9,11,20H,10H2,1-2H3/t11-/m0/s1. The van der Waals surface area contributed by atoms with E-state index >= 15 is 0 Å². The zero-order chi connectivity index (χ0) is 15.7. The van der Waals surface area contributed by atoms with E-state index in [9.17, 15) is 8.78 Å². The SMILES string of the molecule is C[C@H](NCc1nc2ccccc2n1C)c1ccc(F)cc1F. The molecule has 1 aromatic heterocycles. The van der Waals surface area contributed by atoms with Gasteiger partial charge in [-0.1, -0.05) is 18.2 Å². The molecule has 3 aromatic rings. The van der Waals surface area contributed by atoms with Crippen LogP contribution in [-0.2, 0) is 13.6 Å². The molecule has 1 N–H and O–H groups in total. The van der Waals surface area contributed by atoms with E-state index in [2.05, 4.69) is 10.3 Å². The first kappa shape index (κ1) is 14.7. The minimum absolute atomic E-state index is 0.236. The van der Waals surface area contributed by atoms with Gasteiger partial charge in [0.1, 0.15) is 17.5 Å². The molecular weight excluding hydrogens is 284 g/mol. The van der Waals surface area contributed by atoms with Crippen molar-refractivity contribution in [2.75, 3.05) is 0 Å². The average Bonchev–Trinajstić information content (AvgIpc) is 2.82. The Labute approximate surface area is 127 Å². The molecule has 1 heterocycles. The van der Waals surface area contributed by atoms with E-state index in [1.165, 1.54) is 12.1 Å². The minimum atomic E-state index is -0.566. The molecule has 0 saturated carbocycles. The van der Waals surface area contributed by atoms with Crippen LogP contribution >= 0.6 is 0 Å². The van der Waals surface area contributed by atoms with E-state index in [1.807, 2.05) is 42.8 Å². The van der Waals surface area contributed by atoms with Gasteiger partial charge in [-0.15, -0.1) is 0 Å². The van der Waals surface area contributed by atoms with Crippen molar-refractivity contribution in [3.63, 3.8) is 0 Å². The molecule has 0 saturated heterocycles. The quantitative estimate of drug-likeness (QED) is 0.796. The van der Waals surface area contributed by atoms with Crippen molar-refractivity contribution in [3.8, 4) is 0 Å². The minimum Gasteiger partial charge on any atom is -0.330 e. The number of nitrogens with zero attached hydrogens (tertiary/aromatic N) is 2. The molecule has 3 nitrogen and oxygen atoms in total. The molecule has 0 unspecified atom stereocenters. The van der Waals surface area contributed by atoms with Crippen LogP contribution in [0.25, 0.3) is 11.0 Å². The second-order valence-corrected chi connectivity index (χ2v) is 5.34. The van der Waals surface area contributed by atoms with Gasteiger partial charge in [0.2, 0.25) is 0 Å². The summed E-state index contributed by atoms with van der Waals surface area (Å²) in [4.78, 5) is 4.56. The van der Waals surface area contributed by atoms with Crippen molar-refractivity contribution >= 4 is 11.0 Å². The maximum atomic E-state index is 13.8. The van der Waals surface area contributed by atoms with Gasteiger partial charge in [-0.2, -0.15) is 0 Å². The van der Waals surface area contributed by atoms with Crippen LogP contribution in [0.2, 0.25) is 0 Å². The number of nitrogens with one attached hydrogen (secondary N) is 1. The lowest BCUT2D eigenvalue weighted by atomic mass is 10.1. The van der Waals surface area contributed by atoms with Crippen molar-refractivity contribution in [1.29, 1.82) is 0 Å². The van der Waals surface area contributed by atoms with Crippen LogP contribution in [0, 0.1) is 11.6 Å². The number of fused-ring (bicyclic) bond motifs is 1. The molecule has 0 aliphatic carbocycles. The predicted octanol–water partition coefficient (Wildman–Crippen LogP) is 3.70. The van der Waals surface area contributed by atoms with Crippen LogP contribution in [0.5, 0.6) is 0 Å². The van der Waals surface area contributed by atoms with Crippen LogP contribution in [0.15, 0.2) is 42.5 Å². The lowest BCUT2D eigenvalue weighted by molar-refractivity contribution is 0.508. The molecule has 1 atom stereocenters. The molecule has 0 aliphatic heterocycles. The van der Waals surface area contributed by atoms with E-state index in [1.54, 1.807) is 0 Å². The molecular formula is C17H17F2N3. The molecule has 0 spiro atoms. The predicted molar refractivity (Wildman–Crippen MR) is 82.3 cm³/mol. The largest absolute Gasteiger partial charge is 0.330 e. The van der Waals surface area contributed by atoms with E-state index in [-0.39, 0.29) is 6.04 Å². The summed E-state index contributed by atoms with van der Waals surface area (Å²) in [7, 11) is 1.95. The number of aromatic nitrogens is 2. The molecule has 3 rings (SSSR count). The Hall–Kier alpha value is -2.27. The van der Waals surface area contributed by atoms with Crippen molar-refractivity contribution in [3.05, 3.63) is 65.5 Å². The summed E-state index contributed by atoms with van der Waals surface area (Å²) in [6.45, 7) is 2.35. The molecule has 0 amide bonds. The summed E-state index contributed by atoms with van der Waals surface area (Å²) < 4.78 is 28.7. The molecule has 0 bridgehead atoms. The van der Waals surface area contributed by atoms with E-state index < -0.39 is 11.6 Å². The molecule has 22 heavy (non-hydrogen) atoms. The van der Waals surface area contributed by atoms with Crippen LogP contribution < -0.4 is 5.32 Å². The first-order valence-electron chi connectivity index (χ1n) is 7.15. The summed E-state index contributed by atoms with van der Waals surface area (Å²) in [6.07, 6.45) is 0. The second kappa shape index (κ2) is 5.85. The number of imidazole rings is 1. The van der Waals surface area contributed by atoms with Gasteiger partial charge in [0.25, 0.3) is 0 Å². The van der Waals surface area contributed by atoms with E-state index in [0.717, 1.165) is 22.9 Å². The van der Waals surface area contributed by atoms with E-state index in [0.29, 0.717) is 12.1 Å². The van der Waals surface area contributed by atoms with E-state index in [4.69, 9.17) is 0 Å². The Morgan fingerprint density at radius 3 is 2.68 bits per heavy atom. The lowest BCUT2D eigenvalue weighted by Gasteiger charge is -2.15. The zero-order valence-corrected chi connectivity index (χ0v) is 12.5. The number of halogens is 2. The fraction of sp³-hybridized carbons (Fsp3) is 0.235. The normalized spacial score (nSPS) is 12.7. The molecule has 114 valence electrons. The Kier molecular flexibility index (Phi) is 3.90. The Morgan fingerprint density at radius 2 is 1.95 bits per heavy atom. The zero-order valence-electron chi connectivity index (χ0n) is 12.5. The maximum Gasteiger partial charge on any atom is 0.130 e. The highest BCUT2D eigenvalue weighted by molar-refractivity contribution is 5.75. The highest BCUT2D eigenvalue weighted by atomic mass is 19.1. The van der Waals surface area contributed by atoms with Crippen molar-refractivity contribution < 1.29 is 8.78 Å². The number of para-hydroxylation sites is 2. The van der Waals surface area contributed by atoms with Crippen LogP contribution in [-0.4, -0.2) is 9.55 Å². The summed E-state index contributed by atoms with van der Waals surface area (Å²) in [5.74, 6) is -0.232. The van der Waals surface area contributed by atoms with Gasteiger partial charge in [-0.05, 0) is 25.1 Å². The van der Waals surface area contributed by atoms with Crippen molar-refractivity contribution in [2.45, 2.75) is 19.5 Å². The summed E-state index contributed by atoms with van der Waals surface area (Å²) in [5.41, 5.74) is 2.43. The average molecular weight is 301 g/mol. The lowest BCUT2D eigenvalue weighted by Crippen LogP contribution is -2.21. The van der Waals surface area contributed by atoms with Gasteiger partial charge in [0.05, 0.1) is 17.6 Å². The first-order chi connectivity index (χ1) is 10.6. The Balaban J connectivity index is 1.77. The summed E-state index contributed by atoms with van der Waals surface area (Å²) in [6, 6.07) is 11.3. The fourth-order valence-electron chi connectivity index (χ4n) is 2.56. The highest BCUT2D eigenvalue weighted by Crippen LogP contribution is 2.19. The van der Waals surface area contributed by atoms with Crippen molar-refractivity contribution in [1.82, 2.24) is 14.9 Å². The maximum absolute atomic E-state index is 13.8. The fourth-order valence-corrected chi connectivity index (χ4v) is 2.56. The highest BCUT2D eigenvalue weighted by Gasteiger charge is 2.13. The van der Waals surface area contributed by atoms with Gasteiger partial charge in [0, 0.05) is 24.7 Å². The van der Waals surface area contributed by atoms with Crippen LogP contribution in [0.3, 0.4) is 0 Å². The number of benzene rings is 2. The molecule has 0 aliphatic rings. The van der Waals surface area contributed by atoms with Crippen molar-refractivity contribution in [2.24, 2.45) is 7.05 Å². The molecule has 2 aromatic carbocycles. The monoisotopic (exact) mass is 301 g/mol.